The summed E-state index contributed by atoms with van der Waals surface area (Å²) in [4.78, 5) is 21.0. The van der Waals surface area contributed by atoms with Crippen LogP contribution < -0.4 is 10.1 Å². The fourth-order valence-corrected chi connectivity index (χ4v) is 3.90. The number of fused-ring (bicyclic) bond motifs is 1. The van der Waals surface area contributed by atoms with Gasteiger partial charge >= 0.3 is 0 Å². The molecule has 1 aliphatic rings. The second-order valence-corrected chi connectivity index (χ2v) is 7.58. The summed E-state index contributed by atoms with van der Waals surface area (Å²) >= 11 is 0. The standard InChI is InChI=1S/C23H27N3O2/c1-3-28-21-14-19-18(24-22(25-19)16-7-5-4-6-8-16)13-20(21)26-23(27)17-11-9-15(2)10-12-17/h9-14,16H,3-8H2,1-2H3,(H,24,25)(H,26,27). The summed E-state index contributed by atoms with van der Waals surface area (Å²) in [5, 5.41) is 2.99. The Bertz CT molecular complexity index is 969. The van der Waals surface area contributed by atoms with Crippen LogP contribution in [0.5, 0.6) is 5.75 Å². The second-order valence-electron chi connectivity index (χ2n) is 7.58. The maximum Gasteiger partial charge on any atom is 0.255 e. The van der Waals surface area contributed by atoms with Gasteiger partial charge in [-0.3, -0.25) is 4.79 Å². The molecule has 1 heterocycles. The third kappa shape index (κ3) is 3.88. The molecule has 0 spiro atoms. The molecule has 0 saturated heterocycles. The van der Waals surface area contributed by atoms with Crippen LogP contribution in [0, 0.1) is 6.92 Å². The Morgan fingerprint density at radius 3 is 2.64 bits per heavy atom. The van der Waals surface area contributed by atoms with E-state index >= 15 is 0 Å². The number of aromatic nitrogens is 2. The Kier molecular flexibility index (Phi) is 5.33. The lowest BCUT2D eigenvalue weighted by atomic mass is 9.89. The van der Waals surface area contributed by atoms with Crippen molar-refractivity contribution in [2.75, 3.05) is 11.9 Å². The number of carbonyl (C=O) groups is 1. The van der Waals surface area contributed by atoms with Crippen LogP contribution in [0.15, 0.2) is 36.4 Å². The molecule has 4 rings (SSSR count). The minimum atomic E-state index is -0.150. The van der Waals surface area contributed by atoms with E-state index in [4.69, 9.17) is 9.72 Å². The van der Waals surface area contributed by atoms with Gasteiger partial charge in [-0.05, 0) is 44.9 Å². The van der Waals surface area contributed by atoms with Crippen molar-refractivity contribution in [3.63, 3.8) is 0 Å². The summed E-state index contributed by atoms with van der Waals surface area (Å²) in [5.74, 6) is 2.07. The molecule has 5 heteroatoms. The van der Waals surface area contributed by atoms with E-state index in [1.165, 1.54) is 32.1 Å². The molecule has 3 aromatic rings. The van der Waals surface area contributed by atoms with Gasteiger partial charge in [0.15, 0.2) is 0 Å². The van der Waals surface area contributed by atoms with Crippen molar-refractivity contribution in [1.29, 1.82) is 0 Å². The van der Waals surface area contributed by atoms with Gasteiger partial charge in [0.2, 0.25) is 0 Å². The Morgan fingerprint density at radius 2 is 1.93 bits per heavy atom. The van der Waals surface area contributed by atoms with Crippen molar-refractivity contribution in [3.8, 4) is 5.75 Å². The molecule has 1 saturated carbocycles. The molecule has 0 aliphatic heterocycles. The number of H-pyrrole nitrogens is 1. The van der Waals surface area contributed by atoms with Crippen LogP contribution in [-0.2, 0) is 0 Å². The number of ether oxygens (including phenoxy) is 1. The topological polar surface area (TPSA) is 67.0 Å². The fourth-order valence-electron chi connectivity index (χ4n) is 3.90. The van der Waals surface area contributed by atoms with Crippen molar-refractivity contribution >= 4 is 22.6 Å². The van der Waals surface area contributed by atoms with Crippen LogP contribution in [0.1, 0.15) is 66.7 Å². The summed E-state index contributed by atoms with van der Waals surface area (Å²) in [6.07, 6.45) is 6.23. The van der Waals surface area contributed by atoms with Crippen LogP contribution in [-0.4, -0.2) is 22.5 Å². The number of nitrogens with one attached hydrogen (secondary N) is 2. The zero-order valence-corrected chi connectivity index (χ0v) is 16.5. The van der Waals surface area contributed by atoms with E-state index in [2.05, 4.69) is 10.3 Å². The van der Waals surface area contributed by atoms with Gasteiger partial charge < -0.3 is 15.0 Å². The largest absolute Gasteiger partial charge is 0.492 e. The number of rotatable bonds is 5. The lowest BCUT2D eigenvalue weighted by Crippen LogP contribution is -2.13. The molecular formula is C23H27N3O2. The highest BCUT2D eigenvalue weighted by Crippen LogP contribution is 2.35. The maximum absolute atomic E-state index is 12.7. The van der Waals surface area contributed by atoms with Gasteiger partial charge in [0, 0.05) is 17.5 Å². The molecule has 5 nitrogen and oxygen atoms in total. The molecule has 1 fully saturated rings. The number of benzene rings is 2. The average Bonchev–Trinajstić information content (AvgIpc) is 3.12. The zero-order chi connectivity index (χ0) is 19.5. The maximum atomic E-state index is 12.7. The summed E-state index contributed by atoms with van der Waals surface area (Å²) < 4.78 is 5.79. The Labute approximate surface area is 165 Å². The third-order valence-corrected chi connectivity index (χ3v) is 5.46. The van der Waals surface area contributed by atoms with Gasteiger partial charge in [0.1, 0.15) is 11.6 Å². The SMILES string of the molecule is CCOc1cc2[nH]c(C3CCCCC3)nc2cc1NC(=O)c1ccc(C)cc1. The molecule has 0 bridgehead atoms. The predicted molar refractivity (Wildman–Crippen MR) is 112 cm³/mol. The number of carbonyl (C=O) groups excluding carboxylic acids is 1. The number of nitrogens with zero attached hydrogens (tertiary/aromatic N) is 1. The zero-order valence-electron chi connectivity index (χ0n) is 16.5. The van der Waals surface area contributed by atoms with Crippen LogP contribution in [0.3, 0.4) is 0 Å². The lowest BCUT2D eigenvalue weighted by Gasteiger charge is -2.18. The number of amides is 1. The fraction of sp³-hybridized carbons (Fsp3) is 0.391. The molecule has 1 aliphatic carbocycles. The van der Waals surface area contributed by atoms with Crippen molar-refractivity contribution in [3.05, 3.63) is 53.3 Å². The van der Waals surface area contributed by atoms with Crippen molar-refractivity contribution in [2.24, 2.45) is 0 Å². The van der Waals surface area contributed by atoms with Gasteiger partial charge in [-0.25, -0.2) is 4.98 Å². The van der Waals surface area contributed by atoms with Crippen LogP contribution in [0.2, 0.25) is 0 Å². The first-order valence-corrected chi connectivity index (χ1v) is 10.2. The molecule has 28 heavy (non-hydrogen) atoms. The Morgan fingerprint density at radius 1 is 1.18 bits per heavy atom. The lowest BCUT2D eigenvalue weighted by molar-refractivity contribution is 0.102. The van der Waals surface area contributed by atoms with Crippen LogP contribution in [0.25, 0.3) is 11.0 Å². The van der Waals surface area contributed by atoms with E-state index in [1.54, 1.807) is 0 Å². The van der Waals surface area contributed by atoms with E-state index in [0.717, 1.165) is 22.4 Å². The number of aromatic amines is 1. The minimum absolute atomic E-state index is 0.150. The molecule has 1 amide bonds. The number of anilines is 1. The molecule has 2 aromatic carbocycles. The normalized spacial score (nSPS) is 14.9. The molecule has 0 unspecified atom stereocenters. The quantitative estimate of drug-likeness (QED) is 0.611. The summed E-state index contributed by atoms with van der Waals surface area (Å²) in [5.41, 5.74) is 4.22. The first-order chi connectivity index (χ1) is 13.6. The minimum Gasteiger partial charge on any atom is -0.492 e. The number of aryl methyl sites for hydroxylation is 1. The predicted octanol–water partition coefficient (Wildman–Crippen LogP) is 5.57. The number of imidazole rings is 1. The van der Waals surface area contributed by atoms with E-state index in [1.807, 2.05) is 50.2 Å². The molecular weight excluding hydrogens is 350 g/mol. The molecule has 0 atom stereocenters. The van der Waals surface area contributed by atoms with E-state index in [-0.39, 0.29) is 5.91 Å². The van der Waals surface area contributed by atoms with Crippen LogP contribution in [0.4, 0.5) is 5.69 Å². The highest BCUT2D eigenvalue weighted by Gasteiger charge is 2.20. The Balaban J connectivity index is 1.64. The van der Waals surface area contributed by atoms with Crippen LogP contribution >= 0.6 is 0 Å². The monoisotopic (exact) mass is 377 g/mol. The molecule has 2 N–H and O–H groups in total. The van der Waals surface area contributed by atoms with E-state index < -0.39 is 0 Å². The third-order valence-electron chi connectivity index (χ3n) is 5.46. The number of hydrogen-bond donors (Lipinski definition) is 2. The molecule has 1 aromatic heterocycles. The van der Waals surface area contributed by atoms with Gasteiger partial charge in [0.25, 0.3) is 5.91 Å². The smallest absolute Gasteiger partial charge is 0.255 e. The average molecular weight is 377 g/mol. The van der Waals surface area contributed by atoms with E-state index in [9.17, 15) is 4.79 Å². The second kappa shape index (κ2) is 8.05. The summed E-state index contributed by atoms with van der Waals surface area (Å²) in [7, 11) is 0. The molecule has 0 radical (unpaired) electrons. The molecule has 146 valence electrons. The van der Waals surface area contributed by atoms with Crippen molar-refractivity contribution in [2.45, 2.75) is 51.9 Å². The number of hydrogen-bond acceptors (Lipinski definition) is 3. The van der Waals surface area contributed by atoms with Crippen molar-refractivity contribution < 1.29 is 9.53 Å². The first kappa shape index (κ1) is 18.5. The van der Waals surface area contributed by atoms with Gasteiger partial charge in [-0.2, -0.15) is 0 Å². The highest BCUT2D eigenvalue weighted by atomic mass is 16.5. The first-order valence-electron chi connectivity index (χ1n) is 10.2. The van der Waals surface area contributed by atoms with Gasteiger partial charge in [-0.1, -0.05) is 37.0 Å². The van der Waals surface area contributed by atoms with Gasteiger partial charge in [-0.15, -0.1) is 0 Å². The highest BCUT2D eigenvalue weighted by molar-refractivity contribution is 6.06. The Hall–Kier alpha value is -2.82. The summed E-state index contributed by atoms with van der Waals surface area (Å²) in [6.45, 7) is 4.48. The van der Waals surface area contributed by atoms with Gasteiger partial charge in [0.05, 0.1) is 23.3 Å². The summed E-state index contributed by atoms with van der Waals surface area (Å²) in [6, 6.07) is 11.4. The van der Waals surface area contributed by atoms with E-state index in [0.29, 0.717) is 29.5 Å². The van der Waals surface area contributed by atoms with Crippen molar-refractivity contribution in [1.82, 2.24) is 9.97 Å².